The SMILES string of the molecule is CCOC(=O)[C@]1(Cc2ccc(F)cc2F)CCCN(C(=O)c2n[nH]c3ccccc23)C1. The maximum absolute atomic E-state index is 14.4. The Hall–Kier alpha value is -3.29. The van der Waals surface area contributed by atoms with Gasteiger partial charge in [-0.05, 0) is 43.9 Å². The second-order valence-corrected chi connectivity index (χ2v) is 7.86. The van der Waals surface area contributed by atoms with Crippen LogP contribution in [-0.4, -0.2) is 46.7 Å². The molecule has 1 fully saturated rings. The fourth-order valence-corrected chi connectivity index (χ4v) is 4.28. The van der Waals surface area contributed by atoms with Crippen LogP contribution in [0.5, 0.6) is 0 Å². The molecule has 1 amide bonds. The molecule has 0 unspecified atom stereocenters. The summed E-state index contributed by atoms with van der Waals surface area (Å²) in [5.41, 5.74) is 0.124. The number of fused-ring (bicyclic) bond motifs is 1. The lowest BCUT2D eigenvalue weighted by Crippen LogP contribution is -2.51. The van der Waals surface area contributed by atoms with Gasteiger partial charge >= 0.3 is 5.97 Å². The highest BCUT2D eigenvalue weighted by molar-refractivity contribution is 6.04. The van der Waals surface area contributed by atoms with Crippen LogP contribution in [0.3, 0.4) is 0 Å². The number of carbonyl (C=O) groups is 2. The number of benzene rings is 2. The van der Waals surface area contributed by atoms with Gasteiger partial charge in [-0.15, -0.1) is 0 Å². The summed E-state index contributed by atoms with van der Waals surface area (Å²) in [6.45, 7) is 2.39. The van der Waals surface area contributed by atoms with Gasteiger partial charge in [-0.25, -0.2) is 8.78 Å². The van der Waals surface area contributed by atoms with E-state index in [1.807, 2.05) is 24.3 Å². The summed E-state index contributed by atoms with van der Waals surface area (Å²) < 4.78 is 33.1. The lowest BCUT2D eigenvalue weighted by atomic mass is 9.74. The highest BCUT2D eigenvalue weighted by Crippen LogP contribution is 2.37. The smallest absolute Gasteiger partial charge is 0.314 e. The fourth-order valence-electron chi connectivity index (χ4n) is 4.28. The molecule has 31 heavy (non-hydrogen) atoms. The summed E-state index contributed by atoms with van der Waals surface area (Å²) in [6.07, 6.45) is 1.01. The van der Waals surface area contributed by atoms with Crippen LogP contribution in [0, 0.1) is 17.0 Å². The van der Waals surface area contributed by atoms with E-state index in [1.54, 1.807) is 11.8 Å². The number of nitrogens with zero attached hydrogens (tertiary/aromatic N) is 2. The van der Waals surface area contributed by atoms with Gasteiger partial charge in [0.25, 0.3) is 5.91 Å². The monoisotopic (exact) mass is 427 g/mol. The first-order chi connectivity index (χ1) is 14.9. The number of H-pyrrole nitrogens is 1. The van der Waals surface area contributed by atoms with Crippen LogP contribution in [0.2, 0.25) is 0 Å². The number of hydrogen-bond donors (Lipinski definition) is 1. The number of carbonyl (C=O) groups excluding carboxylic acids is 2. The molecule has 8 heteroatoms. The Morgan fingerprint density at radius 2 is 2.03 bits per heavy atom. The molecule has 1 N–H and O–H groups in total. The number of halogens is 2. The summed E-state index contributed by atoms with van der Waals surface area (Å²) in [7, 11) is 0. The predicted molar refractivity (Wildman–Crippen MR) is 110 cm³/mol. The average Bonchev–Trinajstić information content (AvgIpc) is 3.20. The second kappa shape index (κ2) is 8.45. The standard InChI is InChI=1S/C23H23F2N3O3/c1-2-31-22(30)23(13-15-8-9-16(24)12-18(15)25)10-5-11-28(14-23)21(29)20-17-6-3-4-7-19(17)26-27-20/h3-4,6-9,12H,2,5,10-11,13-14H2,1H3,(H,26,27)/t23-/m0/s1. The Labute approximate surface area is 178 Å². The van der Waals surface area contributed by atoms with Crippen molar-refractivity contribution in [2.45, 2.75) is 26.2 Å². The van der Waals surface area contributed by atoms with Gasteiger partial charge in [-0.1, -0.05) is 24.3 Å². The van der Waals surface area contributed by atoms with Crippen LogP contribution in [-0.2, 0) is 16.0 Å². The van der Waals surface area contributed by atoms with Crippen molar-refractivity contribution in [2.75, 3.05) is 19.7 Å². The van der Waals surface area contributed by atoms with Gasteiger partial charge in [0.1, 0.15) is 11.6 Å². The molecule has 0 saturated carbocycles. The van der Waals surface area contributed by atoms with Crippen LogP contribution < -0.4 is 0 Å². The number of ether oxygens (including phenoxy) is 1. The number of para-hydroxylation sites is 1. The Morgan fingerprint density at radius 1 is 1.23 bits per heavy atom. The first-order valence-electron chi connectivity index (χ1n) is 10.3. The highest BCUT2D eigenvalue weighted by atomic mass is 19.1. The van der Waals surface area contributed by atoms with Gasteiger partial charge < -0.3 is 9.64 Å². The van der Waals surface area contributed by atoms with E-state index in [-0.39, 0.29) is 36.7 Å². The molecule has 1 atom stereocenters. The van der Waals surface area contributed by atoms with Crippen LogP contribution in [0.1, 0.15) is 35.8 Å². The second-order valence-electron chi connectivity index (χ2n) is 7.86. The summed E-state index contributed by atoms with van der Waals surface area (Å²) in [5.74, 6) is -2.18. The van der Waals surface area contributed by atoms with Gasteiger partial charge in [0.2, 0.25) is 0 Å². The number of esters is 1. The Kier molecular flexibility index (Phi) is 5.71. The molecule has 0 radical (unpaired) electrons. The fraction of sp³-hybridized carbons (Fsp3) is 0.348. The number of piperidine rings is 1. The number of aromatic nitrogens is 2. The van der Waals surface area contributed by atoms with Crippen LogP contribution in [0.25, 0.3) is 10.9 Å². The van der Waals surface area contributed by atoms with Crippen molar-refractivity contribution >= 4 is 22.8 Å². The third-order valence-corrected chi connectivity index (χ3v) is 5.79. The van der Waals surface area contributed by atoms with Crippen LogP contribution >= 0.6 is 0 Å². The molecule has 1 aliphatic heterocycles. The van der Waals surface area contributed by atoms with Gasteiger partial charge in [0, 0.05) is 24.5 Å². The number of amides is 1. The molecule has 1 saturated heterocycles. The molecular formula is C23H23F2N3O3. The van der Waals surface area contributed by atoms with Crippen LogP contribution in [0.4, 0.5) is 8.78 Å². The normalized spacial score (nSPS) is 18.9. The van der Waals surface area contributed by atoms with Gasteiger partial charge in [-0.2, -0.15) is 5.10 Å². The summed E-state index contributed by atoms with van der Waals surface area (Å²) >= 11 is 0. The van der Waals surface area contributed by atoms with Crippen molar-refractivity contribution in [1.82, 2.24) is 15.1 Å². The molecule has 0 spiro atoms. The minimum absolute atomic E-state index is 0.0169. The quantitative estimate of drug-likeness (QED) is 0.628. The zero-order valence-electron chi connectivity index (χ0n) is 17.2. The number of nitrogens with one attached hydrogen (secondary N) is 1. The lowest BCUT2D eigenvalue weighted by molar-refractivity contribution is -0.158. The summed E-state index contributed by atoms with van der Waals surface area (Å²) in [5, 5.41) is 7.72. The lowest BCUT2D eigenvalue weighted by Gasteiger charge is -2.41. The Balaban J connectivity index is 1.66. The molecule has 2 aromatic carbocycles. The Morgan fingerprint density at radius 3 is 2.81 bits per heavy atom. The largest absolute Gasteiger partial charge is 0.466 e. The van der Waals surface area contributed by atoms with Crippen molar-refractivity contribution in [3.63, 3.8) is 0 Å². The molecule has 1 aliphatic rings. The van der Waals surface area contributed by atoms with E-state index in [0.29, 0.717) is 24.8 Å². The van der Waals surface area contributed by atoms with Crippen LogP contribution in [0.15, 0.2) is 42.5 Å². The first kappa shape index (κ1) is 21.0. The molecule has 1 aromatic heterocycles. The van der Waals surface area contributed by atoms with Gasteiger partial charge in [0.05, 0.1) is 17.5 Å². The van der Waals surface area contributed by atoms with Gasteiger partial charge in [0.15, 0.2) is 5.69 Å². The molecule has 0 aliphatic carbocycles. The summed E-state index contributed by atoms with van der Waals surface area (Å²) in [4.78, 5) is 27.8. The number of likely N-dealkylation sites (tertiary alicyclic amines) is 1. The zero-order chi connectivity index (χ0) is 22.0. The minimum atomic E-state index is -1.12. The number of rotatable bonds is 5. The average molecular weight is 427 g/mol. The van der Waals surface area contributed by atoms with Crippen molar-refractivity contribution < 1.29 is 23.1 Å². The van der Waals surface area contributed by atoms with E-state index < -0.39 is 23.0 Å². The number of hydrogen-bond acceptors (Lipinski definition) is 4. The van der Waals surface area contributed by atoms with Crippen molar-refractivity contribution in [3.8, 4) is 0 Å². The topological polar surface area (TPSA) is 75.3 Å². The Bertz CT molecular complexity index is 1130. The third kappa shape index (κ3) is 4.02. The van der Waals surface area contributed by atoms with E-state index in [2.05, 4.69) is 10.2 Å². The summed E-state index contributed by atoms with van der Waals surface area (Å²) in [6, 6.07) is 10.6. The van der Waals surface area contributed by atoms with E-state index in [0.717, 1.165) is 11.6 Å². The molecule has 162 valence electrons. The van der Waals surface area contributed by atoms with E-state index in [4.69, 9.17) is 4.74 Å². The third-order valence-electron chi connectivity index (χ3n) is 5.79. The van der Waals surface area contributed by atoms with Crippen molar-refractivity contribution in [2.24, 2.45) is 5.41 Å². The highest BCUT2D eigenvalue weighted by Gasteiger charge is 2.45. The molecule has 3 aromatic rings. The first-order valence-corrected chi connectivity index (χ1v) is 10.3. The van der Waals surface area contributed by atoms with E-state index in [9.17, 15) is 18.4 Å². The maximum atomic E-state index is 14.4. The minimum Gasteiger partial charge on any atom is -0.466 e. The number of aromatic amines is 1. The molecule has 0 bridgehead atoms. The van der Waals surface area contributed by atoms with Crippen molar-refractivity contribution in [3.05, 3.63) is 65.4 Å². The zero-order valence-corrected chi connectivity index (χ0v) is 17.2. The molecular weight excluding hydrogens is 404 g/mol. The molecule has 4 rings (SSSR count). The van der Waals surface area contributed by atoms with Crippen molar-refractivity contribution in [1.29, 1.82) is 0 Å². The molecule has 6 nitrogen and oxygen atoms in total. The van der Waals surface area contributed by atoms with Gasteiger partial charge in [-0.3, -0.25) is 14.7 Å². The van der Waals surface area contributed by atoms with E-state index in [1.165, 1.54) is 12.1 Å². The molecule has 2 heterocycles. The predicted octanol–water partition coefficient (Wildman–Crippen LogP) is 3.87. The maximum Gasteiger partial charge on any atom is 0.314 e. The van der Waals surface area contributed by atoms with E-state index >= 15 is 0 Å².